The monoisotopic (exact) mass is 291 g/mol. The Kier molecular flexibility index (Phi) is 2.86. The largest absolute Gasteiger partial charge is 0.326 e. The smallest absolute Gasteiger partial charge is 0.230 e. The second-order valence-corrected chi connectivity index (χ2v) is 5.10. The Morgan fingerprint density at radius 3 is 3.14 bits per heavy atom. The number of hydrogen-bond acceptors (Lipinski definition) is 3. The summed E-state index contributed by atoms with van der Waals surface area (Å²) in [6.07, 6.45) is 5.75. The number of carbonyl (C=O) groups excluding carboxylic acids is 1. The first-order valence-corrected chi connectivity index (χ1v) is 6.93. The van der Waals surface area contributed by atoms with Crippen molar-refractivity contribution in [3.05, 3.63) is 60.7 Å². The number of aromatic amines is 1. The summed E-state index contributed by atoms with van der Waals surface area (Å²) >= 11 is 0. The van der Waals surface area contributed by atoms with Gasteiger partial charge in [0.05, 0.1) is 23.8 Å². The second-order valence-electron chi connectivity index (χ2n) is 5.10. The van der Waals surface area contributed by atoms with Gasteiger partial charge in [-0.05, 0) is 30.3 Å². The van der Waals surface area contributed by atoms with Crippen LogP contribution in [0.5, 0.6) is 0 Å². The van der Waals surface area contributed by atoms with E-state index >= 15 is 0 Å². The van der Waals surface area contributed by atoms with Crippen molar-refractivity contribution in [1.29, 1.82) is 0 Å². The Hall–Kier alpha value is -3.15. The minimum Gasteiger partial charge on any atom is -0.326 e. The Balaban J connectivity index is 1.51. The summed E-state index contributed by atoms with van der Waals surface area (Å²) in [4.78, 5) is 16.6. The molecular weight excluding hydrogens is 278 g/mol. The predicted molar refractivity (Wildman–Crippen MR) is 83.6 cm³/mol. The third-order valence-electron chi connectivity index (χ3n) is 3.48. The Morgan fingerprint density at radius 2 is 2.23 bits per heavy atom. The highest BCUT2D eigenvalue weighted by molar-refractivity contribution is 5.94. The number of benzene rings is 1. The van der Waals surface area contributed by atoms with Crippen LogP contribution in [0.25, 0.3) is 16.6 Å². The van der Waals surface area contributed by atoms with Crippen LogP contribution in [0.3, 0.4) is 0 Å². The van der Waals surface area contributed by atoms with Gasteiger partial charge in [-0.3, -0.25) is 9.89 Å². The van der Waals surface area contributed by atoms with Crippen molar-refractivity contribution in [2.24, 2.45) is 0 Å². The number of hydrogen-bond donors (Lipinski definition) is 2. The molecule has 2 N–H and O–H groups in total. The minimum absolute atomic E-state index is 0.0914. The van der Waals surface area contributed by atoms with Crippen LogP contribution in [0.2, 0.25) is 0 Å². The quantitative estimate of drug-likeness (QED) is 0.608. The number of amides is 1. The predicted octanol–water partition coefficient (Wildman–Crippen LogP) is 2.39. The molecule has 0 saturated heterocycles. The van der Waals surface area contributed by atoms with Crippen LogP contribution in [-0.4, -0.2) is 25.5 Å². The van der Waals surface area contributed by atoms with Gasteiger partial charge in [0.2, 0.25) is 5.91 Å². The Bertz CT molecular complexity index is 930. The van der Waals surface area contributed by atoms with E-state index in [1.54, 1.807) is 6.20 Å². The molecule has 1 amide bonds. The van der Waals surface area contributed by atoms with Gasteiger partial charge in [0.15, 0.2) is 0 Å². The van der Waals surface area contributed by atoms with Crippen LogP contribution in [0.1, 0.15) is 5.69 Å². The van der Waals surface area contributed by atoms with E-state index in [4.69, 9.17) is 0 Å². The van der Waals surface area contributed by atoms with Crippen molar-refractivity contribution in [2.75, 3.05) is 5.32 Å². The molecule has 3 heterocycles. The number of nitrogens with one attached hydrogen (secondary N) is 2. The van der Waals surface area contributed by atoms with Crippen LogP contribution in [0, 0.1) is 0 Å². The maximum Gasteiger partial charge on any atom is 0.230 e. The lowest BCUT2D eigenvalue weighted by Crippen LogP contribution is -2.14. The molecule has 0 aliphatic carbocycles. The first-order chi connectivity index (χ1) is 10.8. The fourth-order valence-electron chi connectivity index (χ4n) is 2.46. The molecule has 0 saturated carbocycles. The summed E-state index contributed by atoms with van der Waals surface area (Å²) in [7, 11) is 0. The number of fused-ring (bicyclic) bond motifs is 2. The molecule has 0 aliphatic rings. The molecule has 0 aliphatic heterocycles. The second kappa shape index (κ2) is 5.00. The van der Waals surface area contributed by atoms with Crippen LogP contribution >= 0.6 is 0 Å². The summed E-state index contributed by atoms with van der Waals surface area (Å²) in [6, 6.07) is 11.4. The third-order valence-corrected chi connectivity index (χ3v) is 3.48. The Labute approximate surface area is 125 Å². The highest BCUT2D eigenvalue weighted by atomic mass is 16.1. The van der Waals surface area contributed by atoms with E-state index in [9.17, 15) is 4.79 Å². The lowest BCUT2D eigenvalue weighted by atomic mass is 10.2. The van der Waals surface area contributed by atoms with Crippen molar-refractivity contribution in [3.63, 3.8) is 0 Å². The SMILES string of the molecule is O=C(Cc1cn2ccccc2n1)Nc1ccc2[nH]ncc2c1. The molecule has 0 bridgehead atoms. The highest BCUT2D eigenvalue weighted by Gasteiger charge is 2.08. The number of nitrogens with zero attached hydrogens (tertiary/aromatic N) is 3. The molecule has 1 aromatic carbocycles. The summed E-state index contributed by atoms with van der Waals surface area (Å²) in [5.74, 6) is -0.0914. The van der Waals surface area contributed by atoms with E-state index < -0.39 is 0 Å². The number of anilines is 1. The molecule has 0 spiro atoms. The third kappa shape index (κ3) is 2.31. The van der Waals surface area contributed by atoms with Crippen molar-refractivity contribution in [3.8, 4) is 0 Å². The van der Waals surface area contributed by atoms with Gasteiger partial charge >= 0.3 is 0 Å². The van der Waals surface area contributed by atoms with Crippen LogP contribution in [0.15, 0.2) is 55.0 Å². The summed E-state index contributed by atoms with van der Waals surface area (Å²) < 4.78 is 1.90. The Morgan fingerprint density at radius 1 is 1.27 bits per heavy atom. The summed E-state index contributed by atoms with van der Waals surface area (Å²) in [6.45, 7) is 0. The molecule has 6 nitrogen and oxygen atoms in total. The van der Waals surface area contributed by atoms with Crippen molar-refractivity contribution in [1.82, 2.24) is 19.6 Å². The normalized spacial score (nSPS) is 11.1. The fraction of sp³-hybridized carbons (Fsp3) is 0.0625. The molecule has 22 heavy (non-hydrogen) atoms. The number of aromatic nitrogens is 4. The van der Waals surface area contributed by atoms with Gasteiger partial charge in [0.25, 0.3) is 0 Å². The highest BCUT2D eigenvalue weighted by Crippen LogP contribution is 2.17. The molecule has 6 heteroatoms. The minimum atomic E-state index is -0.0914. The molecule has 3 aromatic heterocycles. The van der Waals surface area contributed by atoms with Gasteiger partial charge < -0.3 is 9.72 Å². The van der Waals surface area contributed by atoms with E-state index in [0.717, 1.165) is 27.9 Å². The average molecular weight is 291 g/mol. The molecule has 108 valence electrons. The molecule has 4 rings (SSSR count). The number of carbonyl (C=O) groups is 1. The van der Waals surface area contributed by atoms with Gasteiger partial charge in [0, 0.05) is 23.5 Å². The van der Waals surface area contributed by atoms with Crippen molar-refractivity contribution >= 4 is 28.1 Å². The lowest BCUT2D eigenvalue weighted by molar-refractivity contribution is -0.115. The number of pyridine rings is 1. The van der Waals surface area contributed by atoms with Crippen LogP contribution in [0.4, 0.5) is 5.69 Å². The van der Waals surface area contributed by atoms with E-state index in [2.05, 4.69) is 20.5 Å². The van der Waals surface area contributed by atoms with E-state index in [-0.39, 0.29) is 12.3 Å². The van der Waals surface area contributed by atoms with Gasteiger partial charge in [-0.15, -0.1) is 0 Å². The zero-order valence-electron chi connectivity index (χ0n) is 11.7. The number of imidazole rings is 1. The maximum absolute atomic E-state index is 12.1. The maximum atomic E-state index is 12.1. The van der Waals surface area contributed by atoms with Gasteiger partial charge in [-0.2, -0.15) is 5.10 Å². The molecule has 0 radical (unpaired) electrons. The fourth-order valence-corrected chi connectivity index (χ4v) is 2.46. The van der Waals surface area contributed by atoms with Gasteiger partial charge in [-0.25, -0.2) is 4.98 Å². The summed E-state index contributed by atoms with van der Waals surface area (Å²) in [5, 5.41) is 10.7. The molecular formula is C16H13N5O. The standard InChI is InChI=1S/C16H13N5O/c22-16(8-13-10-21-6-2-1-3-15(21)18-13)19-12-4-5-14-11(7-12)9-17-20-14/h1-7,9-10H,8H2,(H,17,20)(H,19,22). The van der Waals surface area contributed by atoms with E-state index in [0.29, 0.717) is 0 Å². The zero-order chi connectivity index (χ0) is 14.9. The number of rotatable bonds is 3. The van der Waals surface area contributed by atoms with Crippen LogP contribution in [-0.2, 0) is 11.2 Å². The number of H-pyrrole nitrogens is 1. The molecule has 0 atom stereocenters. The summed E-state index contributed by atoms with van der Waals surface area (Å²) in [5.41, 5.74) is 3.28. The lowest BCUT2D eigenvalue weighted by Gasteiger charge is -2.03. The topological polar surface area (TPSA) is 75.1 Å². The van der Waals surface area contributed by atoms with Gasteiger partial charge in [0.1, 0.15) is 5.65 Å². The molecule has 4 aromatic rings. The first-order valence-electron chi connectivity index (χ1n) is 6.93. The molecule has 0 unspecified atom stereocenters. The average Bonchev–Trinajstić information content (AvgIpc) is 3.11. The van der Waals surface area contributed by atoms with Crippen LogP contribution < -0.4 is 5.32 Å². The van der Waals surface area contributed by atoms with E-state index in [1.165, 1.54) is 0 Å². The zero-order valence-corrected chi connectivity index (χ0v) is 11.7. The van der Waals surface area contributed by atoms with Crippen molar-refractivity contribution < 1.29 is 4.79 Å². The molecule has 0 fully saturated rings. The van der Waals surface area contributed by atoms with Crippen molar-refractivity contribution in [2.45, 2.75) is 6.42 Å². The first kappa shape index (κ1) is 12.6. The van der Waals surface area contributed by atoms with Gasteiger partial charge in [-0.1, -0.05) is 6.07 Å². The van der Waals surface area contributed by atoms with E-state index in [1.807, 2.05) is 53.2 Å².